The summed E-state index contributed by atoms with van der Waals surface area (Å²) in [7, 11) is 4.42. The Morgan fingerprint density at radius 2 is 1.73 bits per heavy atom. The molecule has 2 heterocycles. The molecule has 0 bridgehead atoms. The number of hydrogen-bond acceptors (Lipinski definition) is 9. The molecule has 2 amide bonds. The quantitative estimate of drug-likeness (QED) is 0.241. The van der Waals surface area contributed by atoms with Crippen molar-refractivity contribution in [3.8, 4) is 17.2 Å². The molecule has 1 N–H and O–H groups in total. The Morgan fingerprint density at radius 1 is 1.02 bits per heavy atom. The SMILES string of the molecule is COc1cc([C@H](C(=O)NC[C@@H]2CCCO2)N(C(=O)Cn2nnc3ccccc32)c2ccccc2C(C)=O)cc(OC)c1OC. The van der Waals surface area contributed by atoms with Crippen molar-refractivity contribution in [1.29, 1.82) is 0 Å². The standard InChI is InChI=1S/C32H35N5O7/c1-20(38)23-11-5-7-13-25(23)37(29(39)19-36-26-14-8-6-12-24(26)34-35-36)30(32(40)33-18-22-10-9-15-44-22)21-16-27(41-2)31(43-4)28(17-21)42-3/h5-8,11-14,16-17,22,30H,9-10,15,18-19H2,1-4H3,(H,33,40)/t22-,30+/m0/s1. The van der Waals surface area contributed by atoms with E-state index in [1.54, 1.807) is 42.5 Å². The summed E-state index contributed by atoms with van der Waals surface area (Å²) < 4.78 is 23.9. The molecule has 0 saturated carbocycles. The summed E-state index contributed by atoms with van der Waals surface area (Å²) in [6.07, 6.45) is 1.57. The number of ether oxygens (including phenoxy) is 4. The number of ketones is 1. The average molecular weight is 602 g/mol. The highest BCUT2D eigenvalue weighted by atomic mass is 16.5. The van der Waals surface area contributed by atoms with Crippen LogP contribution in [0, 0.1) is 0 Å². The van der Waals surface area contributed by atoms with E-state index in [0.717, 1.165) is 12.8 Å². The molecule has 1 saturated heterocycles. The summed E-state index contributed by atoms with van der Waals surface area (Å²) in [5.41, 5.74) is 2.17. The van der Waals surface area contributed by atoms with E-state index in [9.17, 15) is 14.4 Å². The molecule has 230 valence electrons. The van der Waals surface area contributed by atoms with E-state index in [-0.39, 0.29) is 36.2 Å². The minimum absolute atomic E-state index is 0.144. The van der Waals surface area contributed by atoms with Gasteiger partial charge in [-0.2, -0.15) is 0 Å². The fraction of sp³-hybridized carbons (Fsp3) is 0.344. The predicted molar refractivity (Wildman–Crippen MR) is 162 cm³/mol. The van der Waals surface area contributed by atoms with E-state index < -0.39 is 17.9 Å². The second kappa shape index (κ2) is 13.6. The fourth-order valence-corrected chi connectivity index (χ4v) is 5.43. The number of rotatable bonds is 12. The molecule has 0 spiro atoms. The van der Waals surface area contributed by atoms with Gasteiger partial charge < -0.3 is 24.3 Å². The summed E-state index contributed by atoms with van der Waals surface area (Å²) >= 11 is 0. The molecule has 0 unspecified atom stereocenters. The third-order valence-corrected chi connectivity index (χ3v) is 7.55. The lowest BCUT2D eigenvalue weighted by molar-refractivity contribution is -0.127. The second-order valence-corrected chi connectivity index (χ2v) is 10.3. The van der Waals surface area contributed by atoms with E-state index in [1.807, 2.05) is 18.2 Å². The molecule has 12 nitrogen and oxygen atoms in total. The van der Waals surface area contributed by atoms with E-state index in [4.69, 9.17) is 18.9 Å². The summed E-state index contributed by atoms with van der Waals surface area (Å²) in [6, 6.07) is 15.9. The summed E-state index contributed by atoms with van der Waals surface area (Å²) in [6.45, 7) is 2.04. The highest BCUT2D eigenvalue weighted by Gasteiger charge is 2.36. The third-order valence-electron chi connectivity index (χ3n) is 7.55. The van der Waals surface area contributed by atoms with Crippen molar-refractivity contribution in [1.82, 2.24) is 20.3 Å². The molecule has 12 heteroatoms. The number of amides is 2. The number of hydrogen-bond donors (Lipinski definition) is 1. The number of carbonyl (C=O) groups is 3. The molecule has 1 aliphatic rings. The van der Waals surface area contributed by atoms with Crippen molar-refractivity contribution in [2.45, 2.75) is 38.5 Å². The van der Waals surface area contributed by atoms with Gasteiger partial charge in [0.15, 0.2) is 17.3 Å². The average Bonchev–Trinajstić information content (AvgIpc) is 3.72. The van der Waals surface area contributed by atoms with Crippen LogP contribution in [0.4, 0.5) is 5.69 Å². The van der Waals surface area contributed by atoms with Gasteiger partial charge in [-0.15, -0.1) is 5.10 Å². The van der Waals surface area contributed by atoms with Gasteiger partial charge in [-0.3, -0.25) is 19.3 Å². The number of nitrogens with one attached hydrogen (secondary N) is 1. The van der Waals surface area contributed by atoms with Crippen LogP contribution in [0.15, 0.2) is 60.7 Å². The minimum Gasteiger partial charge on any atom is -0.493 e. The number of Topliss-reactive ketones (excluding diaryl/α,β-unsaturated/α-hetero) is 1. The van der Waals surface area contributed by atoms with Crippen molar-refractivity contribution in [3.05, 3.63) is 71.8 Å². The minimum atomic E-state index is -1.26. The number of para-hydroxylation sites is 2. The topological polar surface area (TPSA) is 134 Å². The number of carbonyl (C=O) groups excluding carboxylic acids is 3. The lowest BCUT2D eigenvalue weighted by Gasteiger charge is -2.33. The Labute approximate surface area is 254 Å². The largest absolute Gasteiger partial charge is 0.493 e. The first kappa shape index (κ1) is 30.5. The van der Waals surface area contributed by atoms with Gasteiger partial charge >= 0.3 is 0 Å². The van der Waals surface area contributed by atoms with E-state index >= 15 is 0 Å². The molecule has 0 radical (unpaired) electrons. The Balaban J connectivity index is 1.67. The fourth-order valence-electron chi connectivity index (χ4n) is 5.43. The first-order valence-corrected chi connectivity index (χ1v) is 14.3. The summed E-state index contributed by atoms with van der Waals surface area (Å²) in [4.78, 5) is 42.9. The van der Waals surface area contributed by atoms with Crippen LogP contribution < -0.4 is 24.4 Å². The Morgan fingerprint density at radius 3 is 2.39 bits per heavy atom. The van der Waals surface area contributed by atoms with Gasteiger partial charge in [0.1, 0.15) is 18.1 Å². The zero-order chi connectivity index (χ0) is 31.2. The van der Waals surface area contributed by atoms with Gasteiger partial charge in [-0.25, -0.2) is 4.68 Å². The molecule has 4 aromatic rings. The van der Waals surface area contributed by atoms with E-state index in [1.165, 1.54) is 37.8 Å². The predicted octanol–water partition coefficient (Wildman–Crippen LogP) is 3.73. The van der Waals surface area contributed by atoms with Crippen LogP contribution in [0.25, 0.3) is 11.0 Å². The highest BCUT2D eigenvalue weighted by Crippen LogP contribution is 2.42. The smallest absolute Gasteiger partial charge is 0.249 e. The second-order valence-electron chi connectivity index (χ2n) is 10.3. The van der Waals surface area contributed by atoms with Gasteiger partial charge in [0.05, 0.1) is 38.6 Å². The lowest BCUT2D eigenvalue weighted by Crippen LogP contribution is -2.47. The number of methoxy groups -OCH3 is 3. The molecule has 5 rings (SSSR count). The van der Waals surface area contributed by atoms with Crippen molar-refractivity contribution in [3.63, 3.8) is 0 Å². The van der Waals surface area contributed by atoms with E-state index in [0.29, 0.717) is 40.5 Å². The zero-order valence-electron chi connectivity index (χ0n) is 25.1. The third kappa shape index (κ3) is 6.20. The van der Waals surface area contributed by atoms with Crippen LogP contribution in [0.5, 0.6) is 17.2 Å². The van der Waals surface area contributed by atoms with Crippen LogP contribution in [0.1, 0.15) is 41.7 Å². The van der Waals surface area contributed by atoms with Crippen molar-refractivity contribution in [2.75, 3.05) is 39.4 Å². The normalized spacial score (nSPS) is 15.0. The van der Waals surface area contributed by atoms with Crippen LogP contribution in [-0.4, -0.2) is 73.2 Å². The molecule has 3 aromatic carbocycles. The number of anilines is 1. The van der Waals surface area contributed by atoms with Gasteiger partial charge in [0.2, 0.25) is 17.6 Å². The maximum absolute atomic E-state index is 14.5. The van der Waals surface area contributed by atoms with Gasteiger partial charge in [-0.05, 0) is 61.7 Å². The van der Waals surface area contributed by atoms with E-state index in [2.05, 4.69) is 15.6 Å². The molecular weight excluding hydrogens is 566 g/mol. The number of aromatic nitrogens is 3. The molecule has 2 atom stereocenters. The molecule has 1 fully saturated rings. The number of nitrogens with zero attached hydrogens (tertiary/aromatic N) is 4. The lowest BCUT2D eigenvalue weighted by atomic mass is 9.99. The maximum Gasteiger partial charge on any atom is 0.249 e. The molecular formula is C32H35N5O7. The highest BCUT2D eigenvalue weighted by molar-refractivity contribution is 6.08. The molecule has 0 aliphatic carbocycles. The number of fused-ring (bicyclic) bond motifs is 1. The molecule has 1 aromatic heterocycles. The summed E-state index contributed by atoms with van der Waals surface area (Å²) in [5.74, 6) is -0.326. The first-order valence-electron chi connectivity index (χ1n) is 14.3. The van der Waals surface area contributed by atoms with Crippen LogP contribution in [-0.2, 0) is 20.9 Å². The van der Waals surface area contributed by atoms with Crippen molar-refractivity contribution >= 4 is 34.3 Å². The van der Waals surface area contributed by atoms with Crippen LogP contribution >= 0.6 is 0 Å². The Hall–Kier alpha value is -4.97. The van der Waals surface area contributed by atoms with Crippen LogP contribution in [0.3, 0.4) is 0 Å². The maximum atomic E-state index is 14.5. The molecule has 1 aliphatic heterocycles. The van der Waals surface area contributed by atoms with Crippen LogP contribution in [0.2, 0.25) is 0 Å². The zero-order valence-corrected chi connectivity index (χ0v) is 25.1. The number of benzene rings is 3. The summed E-state index contributed by atoms with van der Waals surface area (Å²) in [5, 5.41) is 11.3. The monoisotopic (exact) mass is 601 g/mol. The Kier molecular flexibility index (Phi) is 9.39. The van der Waals surface area contributed by atoms with Gasteiger partial charge in [-0.1, -0.05) is 29.5 Å². The molecule has 44 heavy (non-hydrogen) atoms. The first-order chi connectivity index (χ1) is 21.4. The van der Waals surface area contributed by atoms with Crippen molar-refractivity contribution < 1.29 is 33.3 Å². The Bertz CT molecular complexity index is 1640. The van der Waals surface area contributed by atoms with Crippen molar-refractivity contribution in [2.24, 2.45) is 0 Å². The van der Waals surface area contributed by atoms with Gasteiger partial charge in [0.25, 0.3) is 0 Å². The van der Waals surface area contributed by atoms with Gasteiger partial charge in [0, 0.05) is 18.7 Å².